The van der Waals surface area contributed by atoms with Crippen molar-refractivity contribution in [1.82, 2.24) is 10.4 Å². The summed E-state index contributed by atoms with van der Waals surface area (Å²) < 4.78 is 11.7. The Morgan fingerprint density at radius 3 is 2.78 bits per heavy atom. The number of carbonyl (C=O) groups is 1. The van der Waals surface area contributed by atoms with E-state index in [4.69, 9.17) is 14.5 Å². The van der Waals surface area contributed by atoms with Gasteiger partial charge in [0.2, 0.25) is 5.13 Å². The van der Waals surface area contributed by atoms with Crippen molar-refractivity contribution in [2.24, 2.45) is 0 Å². The monoisotopic (exact) mass is 383 g/mol. The van der Waals surface area contributed by atoms with Gasteiger partial charge in [-0.05, 0) is 55.0 Å². The van der Waals surface area contributed by atoms with Gasteiger partial charge in [-0.25, -0.2) is 4.98 Å². The Morgan fingerprint density at radius 1 is 1.11 bits per heavy atom. The number of thiazole rings is 1. The van der Waals surface area contributed by atoms with Gasteiger partial charge in [0.15, 0.2) is 11.5 Å². The third-order valence-corrected chi connectivity index (χ3v) is 5.75. The van der Waals surface area contributed by atoms with Crippen LogP contribution in [0.2, 0.25) is 0 Å². The zero-order chi connectivity index (χ0) is 18.8. The summed E-state index contributed by atoms with van der Waals surface area (Å²) in [5, 5.41) is 0.666. The van der Waals surface area contributed by atoms with Crippen LogP contribution < -0.4 is 20.3 Å². The lowest BCUT2D eigenvalue weighted by atomic mass is 9.91. The fraction of sp³-hybridized carbons (Fsp3) is 0.300. The normalized spacial score (nSPS) is 13.1. The maximum atomic E-state index is 12.6. The SMILES string of the molecule is COc1cccc(C(=O)NNc2nc3c4c(ccc3s2)CCCC4)c1OC. The first kappa shape index (κ1) is 17.6. The molecule has 0 saturated carbocycles. The number of hydrogen-bond donors (Lipinski definition) is 2. The van der Waals surface area contributed by atoms with Gasteiger partial charge in [0.1, 0.15) is 0 Å². The Hall–Kier alpha value is -2.80. The third kappa shape index (κ3) is 3.30. The van der Waals surface area contributed by atoms with Gasteiger partial charge in [-0.2, -0.15) is 0 Å². The highest BCUT2D eigenvalue weighted by atomic mass is 32.1. The smallest absolute Gasteiger partial charge is 0.273 e. The Labute approximate surface area is 161 Å². The maximum Gasteiger partial charge on any atom is 0.273 e. The van der Waals surface area contributed by atoms with Crippen LogP contribution >= 0.6 is 11.3 Å². The average molecular weight is 383 g/mol. The maximum absolute atomic E-state index is 12.6. The van der Waals surface area contributed by atoms with Crippen molar-refractivity contribution < 1.29 is 14.3 Å². The Balaban J connectivity index is 1.55. The molecule has 0 radical (unpaired) electrons. The fourth-order valence-electron chi connectivity index (χ4n) is 3.52. The van der Waals surface area contributed by atoms with Crippen molar-refractivity contribution in [2.75, 3.05) is 19.6 Å². The van der Waals surface area contributed by atoms with Crippen molar-refractivity contribution in [3.63, 3.8) is 0 Å². The van der Waals surface area contributed by atoms with Crippen LogP contribution in [0.3, 0.4) is 0 Å². The Bertz CT molecular complexity index is 1000. The molecule has 0 saturated heterocycles. The molecule has 1 aromatic heterocycles. The first-order chi connectivity index (χ1) is 13.2. The number of rotatable bonds is 5. The predicted octanol–water partition coefficient (Wildman–Crippen LogP) is 3.95. The number of benzene rings is 2. The molecule has 1 aliphatic rings. The van der Waals surface area contributed by atoms with E-state index in [0.29, 0.717) is 22.2 Å². The zero-order valence-electron chi connectivity index (χ0n) is 15.3. The molecule has 0 aliphatic heterocycles. The standard InChI is InChI=1S/C20H21N3O3S/c1-25-15-9-5-8-14(18(15)26-2)19(24)22-23-20-21-17-13-7-4-3-6-12(13)10-11-16(17)27-20/h5,8-11H,3-4,6-7H2,1-2H3,(H,21,23)(H,22,24). The molecule has 1 amide bonds. The lowest BCUT2D eigenvalue weighted by Gasteiger charge is -2.15. The first-order valence-corrected chi connectivity index (χ1v) is 9.71. The lowest BCUT2D eigenvalue weighted by molar-refractivity contribution is 0.0959. The molecule has 0 bridgehead atoms. The molecule has 6 nitrogen and oxygen atoms in total. The molecule has 4 rings (SSSR count). The van der Waals surface area contributed by atoms with Crippen LogP contribution in [0.25, 0.3) is 10.2 Å². The molecule has 2 aromatic carbocycles. The molecule has 0 fully saturated rings. The Kier molecular flexibility index (Phi) is 4.85. The molecule has 1 heterocycles. The second-order valence-corrected chi connectivity index (χ2v) is 7.43. The zero-order valence-corrected chi connectivity index (χ0v) is 16.1. The summed E-state index contributed by atoms with van der Waals surface area (Å²) in [6, 6.07) is 9.51. The van der Waals surface area contributed by atoms with Crippen LogP contribution in [0, 0.1) is 0 Å². The molecule has 3 aromatic rings. The molecular formula is C20H21N3O3S. The summed E-state index contributed by atoms with van der Waals surface area (Å²) in [5.74, 6) is 0.599. The largest absolute Gasteiger partial charge is 0.493 e. The number of ether oxygens (including phenoxy) is 2. The van der Waals surface area contributed by atoms with Crippen molar-refractivity contribution in [1.29, 1.82) is 0 Å². The number of para-hydroxylation sites is 1. The van der Waals surface area contributed by atoms with E-state index in [1.165, 1.54) is 42.4 Å². The molecule has 7 heteroatoms. The van der Waals surface area contributed by atoms with E-state index in [0.717, 1.165) is 23.1 Å². The number of nitrogens with zero attached hydrogens (tertiary/aromatic N) is 1. The van der Waals surface area contributed by atoms with Crippen molar-refractivity contribution >= 4 is 32.6 Å². The van der Waals surface area contributed by atoms with E-state index < -0.39 is 0 Å². The number of fused-ring (bicyclic) bond motifs is 3. The third-order valence-electron chi connectivity index (χ3n) is 4.82. The first-order valence-electron chi connectivity index (χ1n) is 8.90. The molecule has 140 valence electrons. The molecule has 0 spiro atoms. The van der Waals surface area contributed by atoms with Crippen LogP contribution in [-0.4, -0.2) is 25.1 Å². The van der Waals surface area contributed by atoms with E-state index in [9.17, 15) is 4.79 Å². The summed E-state index contributed by atoms with van der Waals surface area (Å²) in [7, 11) is 3.05. The fourth-order valence-corrected chi connectivity index (χ4v) is 4.37. The van der Waals surface area contributed by atoms with E-state index in [2.05, 4.69) is 23.0 Å². The van der Waals surface area contributed by atoms with Gasteiger partial charge in [-0.15, -0.1) is 0 Å². The second-order valence-electron chi connectivity index (χ2n) is 6.40. The summed E-state index contributed by atoms with van der Waals surface area (Å²) in [6.07, 6.45) is 4.64. The number of hydrazine groups is 1. The van der Waals surface area contributed by atoms with Crippen molar-refractivity contribution in [3.05, 3.63) is 47.0 Å². The van der Waals surface area contributed by atoms with E-state index in [1.54, 1.807) is 25.3 Å². The number of aryl methyl sites for hydroxylation is 2. The highest BCUT2D eigenvalue weighted by Crippen LogP contribution is 2.34. The number of aromatic nitrogens is 1. The quantitative estimate of drug-likeness (QED) is 0.653. The summed E-state index contributed by atoms with van der Waals surface area (Å²) in [4.78, 5) is 17.3. The number of methoxy groups -OCH3 is 2. The molecule has 0 unspecified atom stereocenters. The lowest BCUT2D eigenvalue weighted by Crippen LogP contribution is -2.29. The summed E-state index contributed by atoms with van der Waals surface area (Å²) in [6.45, 7) is 0. The van der Waals surface area contributed by atoms with Crippen molar-refractivity contribution in [2.45, 2.75) is 25.7 Å². The number of carbonyl (C=O) groups excluding carboxylic acids is 1. The van der Waals surface area contributed by atoms with Gasteiger partial charge in [-0.3, -0.25) is 15.6 Å². The number of nitrogens with one attached hydrogen (secondary N) is 2. The van der Waals surface area contributed by atoms with Gasteiger partial charge < -0.3 is 9.47 Å². The van der Waals surface area contributed by atoms with Gasteiger partial charge in [0.25, 0.3) is 5.91 Å². The average Bonchev–Trinajstić information content (AvgIpc) is 3.15. The van der Waals surface area contributed by atoms with Gasteiger partial charge in [0.05, 0.1) is 30.0 Å². The second kappa shape index (κ2) is 7.44. The molecule has 0 atom stereocenters. The van der Waals surface area contributed by atoms with Crippen LogP contribution in [0.15, 0.2) is 30.3 Å². The van der Waals surface area contributed by atoms with E-state index in [-0.39, 0.29) is 5.91 Å². The molecule has 1 aliphatic carbocycles. The minimum absolute atomic E-state index is 0.313. The molecule has 2 N–H and O–H groups in total. The Morgan fingerprint density at radius 2 is 1.96 bits per heavy atom. The van der Waals surface area contributed by atoms with Gasteiger partial charge >= 0.3 is 0 Å². The summed E-state index contributed by atoms with van der Waals surface area (Å²) >= 11 is 1.53. The van der Waals surface area contributed by atoms with Gasteiger partial charge in [-0.1, -0.05) is 23.5 Å². The van der Waals surface area contributed by atoms with Crippen LogP contribution in [-0.2, 0) is 12.8 Å². The molecular weight excluding hydrogens is 362 g/mol. The van der Waals surface area contributed by atoms with Gasteiger partial charge in [0, 0.05) is 0 Å². The topological polar surface area (TPSA) is 72.5 Å². The van der Waals surface area contributed by atoms with E-state index in [1.807, 2.05) is 0 Å². The van der Waals surface area contributed by atoms with Crippen LogP contribution in [0.5, 0.6) is 11.5 Å². The highest BCUT2D eigenvalue weighted by Gasteiger charge is 2.18. The van der Waals surface area contributed by atoms with Crippen LogP contribution in [0.1, 0.15) is 34.3 Å². The molecule has 27 heavy (non-hydrogen) atoms. The highest BCUT2D eigenvalue weighted by molar-refractivity contribution is 7.22. The number of amides is 1. The minimum atomic E-state index is -0.313. The number of anilines is 1. The minimum Gasteiger partial charge on any atom is -0.493 e. The van der Waals surface area contributed by atoms with Crippen LogP contribution in [0.4, 0.5) is 5.13 Å². The van der Waals surface area contributed by atoms with Crippen molar-refractivity contribution in [3.8, 4) is 11.5 Å². The van der Waals surface area contributed by atoms with E-state index >= 15 is 0 Å². The summed E-state index contributed by atoms with van der Waals surface area (Å²) in [5.41, 5.74) is 9.84. The predicted molar refractivity (Wildman–Crippen MR) is 107 cm³/mol. The number of hydrogen-bond acceptors (Lipinski definition) is 6.